The van der Waals surface area contributed by atoms with E-state index < -0.39 is 15.9 Å². The molecule has 2 aromatic rings. The fourth-order valence-corrected chi connectivity index (χ4v) is 4.86. The number of nitrogens with one attached hydrogen (secondary N) is 1. The van der Waals surface area contributed by atoms with E-state index >= 15 is 0 Å². The molecule has 0 atom stereocenters. The second-order valence-electron chi connectivity index (χ2n) is 9.35. The molecule has 1 fully saturated rings. The van der Waals surface area contributed by atoms with Crippen LogP contribution in [0.25, 0.3) is 0 Å². The molecule has 1 aliphatic rings. The Kier molecular flexibility index (Phi) is 17.6. The average molecular weight is 594 g/mol. The van der Waals surface area contributed by atoms with E-state index in [2.05, 4.69) is 75.9 Å². The third-order valence-corrected chi connectivity index (χ3v) is 7.15. The van der Waals surface area contributed by atoms with Crippen LogP contribution in [0.3, 0.4) is 0 Å². The van der Waals surface area contributed by atoms with E-state index in [1.54, 1.807) is 19.1 Å². The number of nitrogens with zero attached hydrogens (tertiary/aromatic N) is 2. The molecular weight excluding hydrogens is 554 g/mol. The van der Waals surface area contributed by atoms with Crippen LogP contribution in [0.1, 0.15) is 70.4 Å². The molecule has 0 radical (unpaired) electrons. The lowest BCUT2D eigenvalue weighted by atomic mass is 9.99. The monoisotopic (exact) mass is 593 g/mol. The maximum Gasteiger partial charge on any atom is 0.260 e. The van der Waals surface area contributed by atoms with Gasteiger partial charge in [0.05, 0.1) is 11.9 Å². The first-order chi connectivity index (χ1) is 20.3. The predicted octanol–water partition coefficient (Wildman–Crippen LogP) is 5.55. The minimum atomic E-state index is -3.61. The van der Waals surface area contributed by atoms with Crippen molar-refractivity contribution in [3.8, 4) is 59.7 Å². The van der Waals surface area contributed by atoms with Crippen LogP contribution in [0.4, 0.5) is 5.69 Å². The zero-order chi connectivity index (χ0) is 30.5. The summed E-state index contributed by atoms with van der Waals surface area (Å²) in [4.78, 5) is 12.5. The molecular formula is C36H39N3O3S. The highest BCUT2D eigenvalue weighted by atomic mass is 32.2. The van der Waals surface area contributed by atoms with Crippen LogP contribution in [0.15, 0.2) is 59.7 Å². The summed E-state index contributed by atoms with van der Waals surface area (Å²) in [5.74, 6) is 21.5. The molecule has 1 aliphatic carbocycles. The molecule has 6 nitrogen and oxygen atoms in total. The standard InChI is InChI=1S/C24H31N3O3S.C11H4.CH4/c1-31(29,30)27(19-24(28)26-25-22-12-8-3-2-4-9-13-22)23-16-14-21(15-17-23)18-20-10-6-5-7-11-20;1-3-5-7-9-11-10-8-6-4-2;/h5-7,10-11,14-17H,2-4,8-9,12-13,18-19H2,1H3,(H,26,28);1H,2H3;1H4. The summed E-state index contributed by atoms with van der Waals surface area (Å²) in [6.07, 6.45) is 14.3. The summed E-state index contributed by atoms with van der Waals surface area (Å²) in [5.41, 5.74) is 6.27. The normalized spacial score (nSPS) is 11.7. The molecule has 0 aromatic heterocycles. The smallest absolute Gasteiger partial charge is 0.260 e. The fraction of sp³-hybridized carbons (Fsp3) is 0.333. The van der Waals surface area contributed by atoms with Crippen LogP contribution in [0.2, 0.25) is 0 Å². The van der Waals surface area contributed by atoms with E-state index in [4.69, 9.17) is 6.42 Å². The van der Waals surface area contributed by atoms with E-state index in [0.29, 0.717) is 5.69 Å². The van der Waals surface area contributed by atoms with E-state index in [1.807, 2.05) is 30.3 Å². The van der Waals surface area contributed by atoms with Crippen molar-refractivity contribution < 1.29 is 13.2 Å². The Bertz CT molecular complexity index is 1600. The maximum absolute atomic E-state index is 12.5. The Labute approximate surface area is 258 Å². The third kappa shape index (κ3) is 15.6. The second kappa shape index (κ2) is 20.9. The van der Waals surface area contributed by atoms with Crippen molar-refractivity contribution in [3.63, 3.8) is 0 Å². The van der Waals surface area contributed by atoms with Crippen molar-refractivity contribution in [2.24, 2.45) is 5.10 Å². The highest BCUT2D eigenvalue weighted by molar-refractivity contribution is 7.92. The van der Waals surface area contributed by atoms with Gasteiger partial charge in [0.15, 0.2) is 0 Å². The molecule has 0 aliphatic heterocycles. The fourth-order valence-electron chi connectivity index (χ4n) is 4.00. The number of hydrogen-bond acceptors (Lipinski definition) is 4. The summed E-state index contributed by atoms with van der Waals surface area (Å²) in [6, 6.07) is 17.4. The van der Waals surface area contributed by atoms with E-state index in [9.17, 15) is 13.2 Å². The SMILES string of the molecule is C.C#CC#CC#CC#CC#CC.CS(=O)(=O)N(CC(=O)NN=C1CCCCCCC1)c1ccc(Cc2ccccc2)cc1. The van der Waals surface area contributed by atoms with Gasteiger partial charge in [0, 0.05) is 5.71 Å². The largest absolute Gasteiger partial charge is 0.271 e. The molecule has 2 aromatic carbocycles. The van der Waals surface area contributed by atoms with Crippen molar-refractivity contribution in [1.29, 1.82) is 0 Å². The number of carbonyl (C=O) groups is 1. The predicted molar refractivity (Wildman–Crippen MR) is 178 cm³/mol. The van der Waals surface area contributed by atoms with Gasteiger partial charge in [-0.15, -0.1) is 6.42 Å². The maximum atomic E-state index is 12.5. The van der Waals surface area contributed by atoms with Crippen LogP contribution >= 0.6 is 0 Å². The van der Waals surface area contributed by atoms with Gasteiger partial charge in [-0.05, 0) is 110 Å². The lowest BCUT2D eigenvalue weighted by Gasteiger charge is -2.21. The molecule has 0 saturated heterocycles. The van der Waals surface area contributed by atoms with Crippen molar-refractivity contribution in [2.45, 2.75) is 65.7 Å². The van der Waals surface area contributed by atoms with Gasteiger partial charge in [-0.3, -0.25) is 9.10 Å². The molecule has 1 amide bonds. The number of carbonyl (C=O) groups excluding carboxylic acids is 1. The average Bonchev–Trinajstić information content (AvgIpc) is 2.96. The summed E-state index contributed by atoms with van der Waals surface area (Å²) in [5, 5.41) is 4.27. The van der Waals surface area contributed by atoms with Gasteiger partial charge in [0.2, 0.25) is 10.0 Å². The van der Waals surface area contributed by atoms with Crippen LogP contribution in [0.5, 0.6) is 0 Å². The zero-order valence-electron chi connectivity index (χ0n) is 24.2. The lowest BCUT2D eigenvalue weighted by Crippen LogP contribution is -2.39. The van der Waals surface area contributed by atoms with Crippen molar-refractivity contribution in [1.82, 2.24) is 5.43 Å². The number of rotatable bonds is 7. The van der Waals surface area contributed by atoms with Crippen molar-refractivity contribution in [2.75, 3.05) is 17.1 Å². The molecule has 1 saturated carbocycles. The van der Waals surface area contributed by atoms with Gasteiger partial charge < -0.3 is 0 Å². The first kappa shape index (κ1) is 36.2. The Morgan fingerprint density at radius 3 is 1.93 bits per heavy atom. The highest BCUT2D eigenvalue weighted by Gasteiger charge is 2.21. The van der Waals surface area contributed by atoms with Crippen LogP contribution in [-0.4, -0.2) is 32.8 Å². The third-order valence-electron chi connectivity index (χ3n) is 6.00. The van der Waals surface area contributed by atoms with Crippen LogP contribution < -0.4 is 9.73 Å². The van der Waals surface area contributed by atoms with Gasteiger partial charge >= 0.3 is 0 Å². The number of anilines is 1. The van der Waals surface area contributed by atoms with Crippen LogP contribution in [0, 0.1) is 59.7 Å². The summed E-state index contributed by atoms with van der Waals surface area (Å²) >= 11 is 0. The molecule has 0 spiro atoms. The zero-order valence-corrected chi connectivity index (χ0v) is 25.0. The highest BCUT2D eigenvalue weighted by Crippen LogP contribution is 2.20. The summed E-state index contributed by atoms with van der Waals surface area (Å²) in [6.45, 7) is 1.41. The van der Waals surface area contributed by atoms with Crippen molar-refractivity contribution >= 4 is 27.3 Å². The number of hydrogen-bond donors (Lipinski definition) is 1. The quantitative estimate of drug-likeness (QED) is 0.338. The Hall–Kier alpha value is -4.87. The molecule has 0 unspecified atom stereocenters. The minimum absolute atomic E-state index is 0. The van der Waals surface area contributed by atoms with E-state index in [-0.39, 0.29) is 14.0 Å². The molecule has 1 N–H and O–H groups in total. The first-order valence-corrected chi connectivity index (χ1v) is 15.5. The Balaban J connectivity index is 0.000000658. The molecule has 0 bridgehead atoms. The minimum Gasteiger partial charge on any atom is -0.271 e. The number of terminal acetylenes is 1. The lowest BCUT2D eigenvalue weighted by molar-refractivity contribution is -0.119. The Morgan fingerprint density at radius 1 is 0.837 bits per heavy atom. The van der Waals surface area contributed by atoms with Crippen LogP contribution in [-0.2, 0) is 21.2 Å². The second-order valence-corrected chi connectivity index (χ2v) is 11.3. The van der Waals surface area contributed by atoms with Gasteiger partial charge in [0.25, 0.3) is 5.91 Å². The first-order valence-electron chi connectivity index (χ1n) is 13.7. The van der Waals surface area contributed by atoms with Gasteiger partial charge in [0.1, 0.15) is 6.54 Å². The van der Waals surface area contributed by atoms with Crippen molar-refractivity contribution in [3.05, 3.63) is 65.7 Å². The van der Waals surface area contributed by atoms with E-state index in [1.165, 1.54) is 24.8 Å². The van der Waals surface area contributed by atoms with Gasteiger partial charge in [-0.1, -0.05) is 75.1 Å². The van der Waals surface area contributed by atoms with Gasteiger partial charge in [-0.25, -0.2) is 13.8 Å². The Morgan fingerprint density at radius 2 is 1.37 bits per heavy atom. The number of benzene rings is 2. The topological polar surface area (TPSA) is 78.8 Å². The molecule has 43 heavy (non-hydrogen) atoms. The van der Waals surface area contributed by atoms with E-state index in [0.717, 1.165) is 53.9 Å². The number of hydrazone groups is 1. The molecule has 7 heteroatoms. The summed E-state index contributed by atoms with van der Waals surface area (Å²) in [7, 11) is -3.61. The number of amides is 1. The molecule has 0 heterocycles. The van der Waals surface area contributed by atoms with Gasteiger partial charge in [-0.2, -0.15) is 5.10 Å². The summed E-state index contributed by atoms with van der Waals surface area (Å²) < 4.78 is 25.8. The number of sulfonamides is 1. The molecule has 3 rings (SSSR count). The molecule has 222 valence electrons.